The highest BCUT2D eigenvalue weighted by Gasteiger charge is 2.41. The zero-order valence-corrected chi connectivity index (χ0v) is 27.4. The molecular formula is C37H50ClN3O3. The predicted molar refractivity (Wildman–Crippen MR) is 179 cm³/mol. The minimum absolute atomic E-state index is 0.230. The van der Waals surface area contributed by atoms with Crippen LogP contribution in [0.2, 0.25) is 5.02 Å². The molecule has 2 saturated heterocycles. The molecule has 4 atom stereocenters. The standard InChI is InChI=1S/C37H50ClN3O3/c1-3-5-7-29(20-39-23-33(24-39)40-14-16-43-17-15-40)35-11-9-30(35)21-41-22-31(34-12-10-32(38)19-28(34)6-4-2)26-44-37-13-8-27(25-42)18-36(37)41/h5,7-8,10,12-13,18-19,25,29-31,33,35H,3-4,6,9,11,14-17,20-24,26H2,1-2H3/b7-5+. The Bertz CT molecular complexity index is 1290. The van der Waals surface area contributed by atoms with Gasteiger partial charge in [-0.05, 0) is 84.9 Å². The summed E-state index contributed by atoms with van der Waals surface area (Å²) in [6.45, 7) is 14.4. The van der Waals surface area contributed by atoms with Crippen LogP contribution in [0, 0.1) is 17.8 Å². The molecule has 0 N–H and O–H groups in total. The largest absolute Gasteiger partial charge is 0.491 e. The molecule has 0 bridgehead atoms. The lowest BCUT2D eigenvalue weighted by Gasteiger charge is -2.50. The van der Waals surface area contributed by atoms with Crippen LogP contribution in [-0.4, -0.2) is 87.8 Å². The number of morpholine rings is 1. The third-order valence-electron chi connectivity index (χ3n) is 10.5. The van der Waals surface area contributed by atoms with E-state index in [-0.39, 0.29) is 5.92 Å². The summed E-state index contributed by atoms with van der Waals surface area (Å²) in [5.41, 5.74) is 4.43. The van der Waals surface area contributed by atoms with E-state index in [2.05, 4.69) is 52.8 Å². The van der Waals surface area contributed by atoms with Crippen molar-refractivity contribution in [2.75, 3.05) is 70.5 Å². The van der Waals surface area contributed by atoms with Crippen molar-refractivity contribution >= 4 is 23.6 Å². The molecule has 2 aromatic carbocycles. The lowest BCUT2D eigenvalue weighted by Crippen LogP contribution is -2.62. The van der Waals surface area contributed by atoms with Gasteiger partial charge in [-0.3, -0.25) is 14.6 Å². The van der Waals surface area contributed by atoms with E-state index >= 15 is 0 Å². The van der Waals surface area contributed by atoms with Crippen LogP contribution < -0.4 is 9.64 Å². The van der Waals surface area contributed by atoms with E-state index in [0.29, 0.717) is 36.0 Å². The fourth-order valence-corrected chi connectivity index (χ4v) is 8.08. The molecule has 6 nitrogen and oxygen atoms in total. The van der Waals surface area contributed by atoms with Crippen LogP contribution in [-0.2, 0) is 11.2 Å². The minimum atomic E-state index is 0.230. The van der Waals surface area contributed by atoms with E-state index in [4.69, 9.17) is 21.1 Å². The van der Waals surface area contributed by atoms with Crippen LogP contribution in [0.5, 0.6) is 5.75 Å². The monoisotopic (exact) mass is 619 g/mol. The number of ether oxygens (including phenoxy) is 2. The van der Waals surface area contributed by atoms with E-state index in [1.165, 1.54) is 37.1 Å². The number of benzene rings is 2. The number of likely N-dealkylation sites (tertiary alicyclic amines) is 1. The van der Waals surface area contributed by atoms with Gasteiger partial charge in [-0.1, -0.05) is 50.1 Å². The van der Waals surface area contributed by atoms with Crippen molar-refractivity contribution in [1.82, 2.24) is 9.80 Å². The summed E-state index contributed by atoms with van der Waals surface area (Å²) in [7, 11) is 0. The molecule has 2 aromatic rings. The van der Waals surface area contributed by atoms with Crippen LogP contribution in [0.1, 0.15) is 66.9 Å². The molecule has 0 radical (unpaired) electrons. The maximum atomic E-state index is 11.8. The number of fused-ring (bicyclic) bond motifs is 1. The van der Waals surface area contributed by atoms with E-state index in [9.17, 15) is 4.79 Å². The van der Waals surface area contributed by atoms with Gasteiger partial charge < -0.3 is 14.4 Å². The summed E-state index contributed by atoms with van der Waals surface area (Å²) in [6.07, 6.45) is 11.6. The van der Waals surface area contributed by atoms with Gasteiger partial charge in [0.25, 0.3) is 0 Å². The minimum Gasteiger partial charge on any atom is -0.491 e. The lowest BCUT2D eigenvalue weighted by molar-refractivity contribution is -0.0396. The summed E-state index contributed by atoms with van der Waals surface area (Å²) in [5.74, 6) is 2.98. The molecule has 1 saturated carbocycles. The molecule has 7 heteroatoms. The number of rotatable bonds is 12. The molecule has 3 aliphatic heterocycles. The first-order chi connectivity index (χ1) is 21.6. The van der Waals surface area contributed by atoms with Crippen molar-refractivity contribution in [1.29, 1.82) is 0 Å². The zero-order valence-electron chi connectivity index (χ0n) is 26.6. The summed E-state index contributed by atoms with van der Waals surface area (Å²) in [6, 6.07) is 13.0. The van der Waals surface area contributed by atoms with Crippen molar-refractivity contribution in [3.63, 3.8) is 0 Å². The number of carbonyl (C=O) groups is 1. The molecular weight excluding hydrogens is 570 g/mol. The van der Waals surface area contributed by atoms with Gasteiger partial charge in [0.2, 0.25) is 0 Å². The lowest BCUT2D eigenvalue weighted by atomic mass is 9.66. The summed E-state index contributed by atoms with van der Waals surface area (Å²) in [4.78, 5) is 19.7. The Kier molecular flexibility index (Phi) is 10.6. The second-order valence-electron chi connectivity index (χ2n) is 13.4. The second-order valence-corrected chi connectivity index (χ2v) is 13.8. The van der Waals surface area contributed by atoms with E-state index in [1.54, 1.807) is 0 Å². The number of anilines is 1. The first-order valence-electron chi connectivity index (χ1n) is 17.0. The van der Waals surface area contributed by atoms with Crippen LogP contribution >= 0.6 is 11.6 Å². The number of halogens is 1. The SMILES string of the molecule is CC/C=C/C(CN1CC(N2CCOCC2)C1)C1CCC1CN1CC(c2ccc(Cl)cc2CCC)COc2ccc(C=O)cc21. The van der Waals surface area contributed by atoms with Crippen LogP contribution in [0.25, 0.3) is 0 Å². The fraction of sp³-hybridized carbons (Fsp3) is 0.595. The van der Waals surface area contributed by atoms with Gasteiger partial charge in [-0.2, -0.15) is 0 Å². The van der Waals surface area contributed by atoms with E-state index < -0.39 is 0 Å². The highest BCUT2D eigenvalue weighted by molar-refractivity contribution is 6.30. The first kappa shape index (κ1) is 31.6. The molecule has 1 aliphatic carbocycles. The van der Waals surface area contributed by atoms with Crippen molar-refractivity contribution in [2.24, 2.45) is 17.8 Å². The number of allylic oxidation sites excluding steroid dienone is 1. The maximum Gasteiger partial charge on any atom is 0.150 e. The molecule has 4 aliphatic rings. The Hall–Kier alpha value is -2.38. The molecule has 4 unspecified atom stereocenters. The summed E-state index contributed by atoms with van der Waals surface area (Å²) >= 11 is 6.44. The Balaban J connectivity index is 1.19. The molecule has 44 heavy (non-hydrogen) atoms. The molecule has 238 valence electrons. The number of carbonyl (C=O) groups excluding carboxylic acids is 1. The number of hydrogen-bond acceptors (Lipinski definition) is 6. The number of nitrogens with zero attached hydrogens (tertiary/aromatic N) is 3. The van der Waals surface area contributed by atoms with Crippen molar-refractivity contribution in [3.8, 4) is 5.75 Å². The van der Waals surface area contributed by atoms with Crippen LogP contribution in [0.3, 0.4) is 0 Å². The molecule has 3 heterocycles. The predicted octanol–water partition coefficient (Wildman–Crippen LogP) is 6.71. The van der Waals surface area contributed by atoms with Gasteiger partial charge in [0.15, 0.2) is 0 Å². The number of aryl methyl sites for hydroxylation is 1. The topological polar surface area (TPSA) is 45.2 Å². The van der Waals surface area contributed by atoms with Gasteiger partial charge >= 0.3 is 0 Å². The fourth-order valence-electron chi connectivity index (χ4n) is 7.89. The van der Waals surface area contributed by atoms with E-state index in [1.807, 2.05) is 24.3 Å². The Labute approximate surface area is 269 Å². The smallest absolute Gasteiger partial charge is 0.150 e. The number of aldehydes is 1. The molecule has 6 rings (SSSR count). The maximum absolute atomic E-state index is 11.8. The Morgan fingerprint density at radius 3 is 2.61 bits per heavy atom. The van der Waals surface area contributed by atoms with Gasteiger partial charge in [-0.25, -0.2) is 0 Å². The number of hydrogen-bond donors (Lipinski definition) is 0. The third-order valence-corrected chi connectivity index (χ3v) is 10.7. The molecule has 3 fully saturated rings. The van der Waals surface area contributed by atoms with Gasteiger partial charge in [0, 0.05) is 68.4 Å². The molecule has 0 amide bonds. The van der Waals surface area contributed by atoms with Crippen LogP contribution in [0.4, 0.5) is 5.69 Å². The quantitative estimate of drug-likeness (QED) is 0.194. The van der Waals surface area contributed by atoms with Gasteiger partial charge in [0.1, 0.15) is 12.0 Å². The molecule has 0 spiro atoms. The third kappa shape index (κ3) is 7.20. The average Bonchev–Trinajstić information content (AvgIpc) is 3.19. The van der Waals surface area contributed by atoms with Gasteiger partial charge in [0.05, 0.1) is 25.5 Å². The summed E-state index contributed by atoms with van der Waals surface area (Å²) < 4.78 is 12.1. The van der Waals surface area contributed by atoms with Crippen molar-refractivity contribution in [2.45, 2.75) is 57.9 Å². The molecule has 0 aromatic heterocycles. The highest BCUT2D eigenvalue weighted by atomic mass is 35.5. The Morgan fingerprint density at radius 2 is 1.89 bits per heavy atom. The summed E-state index contributed by atoms with van der Waals surface area (Å²) in [5, 5.41) is 0.796. The average molecular weight is 620 g/mol. The second kappa shape index (κ2) is 14.8. The van der Waals surface area contributed by atoms with Crippen LogP contribution in [0.15, 0.2) is 48.6 Å². The van der Waals surface area contributed by atoms with Gasteiger partial charge in [-0.15, -0.1) is 0 Å². The van der Waals surface area contributed by atoms with Crippen molar-refractivity contribution in [3.05, 3.63) is 70.3 Å². The van der Waals surface area contributed by atoms with E-state index in [0.717, 1.165) is 87.9 Å². The Morgan fingerprint density at radius 1 is 1.05 bits per heavy atom. The van der Waals surface area contributed by atoms with Crippen molar-refractivity contribution < 1.29 is 14.3 Å². The normalized spacial score (nSPS) is 25.5. The highest BCUT2D eigenvalue weighted by Crippen LogP contribution is 2.44. The zero-order chi connectivity index (χ0) is 30.5. The first-order valence-corrected chi connectivity index (χ1v) is 17.4.